The van der Waals surface area contributed by atoms with Crippen LogP contribution in [0.4, 0.5) is 4.39 Å². The van der Waals surface area contributed by atoms with E-state index in [9.17, 15) is 9.18 Å². The maximum Gasteiger partial charge on any atom is 0.256 e. The number of amides is 1. The van der Waals surface area contributed by atoms with E-state index in [1.54, 1.807) is 11.0 Å². The molecule has 2 saturated heterocycles. The third-order valence-corrected chi connectivity index (χ3v) is 4.33. The van der Waals surface area contributed by atoms with Crippen LogP contribution >= 0.6 is 12.4 Å². The van der Waals surface area contributed by atoms with Gasteiger partial charge in [-0.25, -0.2) is 4.39 Å². The van der Waals surface area contributed by atoms with Gasteiger partial charge in [0.15, 0.2) is 0 Å². The number of morpholine rings is 1. The second-order valence-corrected chi connectivity index (χ2v) is 5.67. The van der Waals surface area contributed by atoms with Gasteiger partial charge in [0.2, 0.25) is 0 Å². The predicted molar refractivity (Wildman–Crippen MR) is 85.2 cm³/mol. The minimum Gasteiger partial charge on any atom is -0.378 e. The van der Waals surface area contributed by atoms with E-state index in [-0.39, 0.29) is 23.9 Å². The second kappa shape index (κ2) is 7.90. The first-order chi connectivity index (χ1) is 10.3. The Kier molecular flexibility index (Phi) is 6.17. The summed E-state index contributed by atoms with van der Waals surface area (Å²) < 4.78 is 19.3. The first-order valence-corrected chi connectivity index (χ1v) is 7.63. The lowest BCUT2D eigenvalue weighted by molar-refractivity contribution is 0.0300. The largest absolute Gasteiger partial charge is 0.378 e. The molecule has 3 rings (SSSR count). The van der Waals surface area contributed by atoms with Gasteiger partial charge in [-0.3, -0.25) is 4.79 Å². The zero-order chi connectivity index (χ0) is 14.7. The number of hydrogen-bond acceptors (Lipinski definition) is 3. The predicted octanol–water partition coefficient (Wildman–Crippen LogP) is 2.19. The van der Waals surface area contributed by atoms with Gasteiger partial charge < -0.3 is 15.0 Å². The first-order valence-electron chi connectivity index (χ1n) is 7.63. The Morgan fingerprint density at radius 1 is 1.23 bits per heavy atom. The van der Waals surface area contributed by atoms with Crippen LogP contribution in [0.25, 0.3) is 0 Å². The Morgan fingerprint density at radius 3 is 2.59 bits per heavy atom. The Morgan fingerprint density at radius 2 is 1.91 bits per heavy atom. The summed E-state index contributed by atoms with van der Waals surface area (Å²) in [7, 11) is 0. The van der Waals surface area contributed by atoms with Gasteiger partial charge in [0.1, 0.15) is 5.82 Å². The van der Waals surface area contributed by atoms with Gasteiger partial charge in [-0.15, -0.1) is 12.4 Å². The molecule has 2 fully saturated rings. The Balaban J connectivity index is 0.00000176. The van der Waals surface area contributed by atoms with Crippen LogP contribution in [-0.2, 0) is 4.74 Å². The molecule has 0 spiro atoms. The molecule has 1 N–H and O–H groups in total. The van der Waals surface area contributed by atoms with Crippen molar-refractivity contribution in [1.29, 1.82) is 0 Å². The second-order valence-electron chi connectivity index (χ2n) is 5.67. The van der Waals surface area contributed by atoms with Crippen LogP contribution in [0.1, 0.15) is 34.7 Å². The number of carbonyl (C=O) groups is 1. The molecule has 6 heteroatoms. The van der Waals surface area contributed by atoms with E-state index in [0.717, 1.165) is 31.5 Å². The number of ether oxygens (including phenoxy) is 1. The molecule has 0 radical (unpaired) electrons. The fourth-order valence-corrected chi connectivity index (χ4v) is 3.05. The maximum atomic E-state index is 14.1. The van der Waals surface area contributed by atoms with Crippen LogP contribution in [0, 0.1) is 5.82 Å². The van der Waals surface area contributed by atoms with E-state index >= 15 is 0 Å². The minimum atomic E-state index is -0.427. The molecule has 22 heavy (non-hydrogen) atoms. The number of rotatable bonds is 2. The van der Waals surface area contributed by atoms with Crippen LogP contribution in [0.5, 0.6) is 0 Å². The van der Waals surface area contributed by atoms with Gasteiger partial charge in [0, 0.05) is 13.1 Å². The van der Waals surface area contributed by atoms with Crippen molar-refractivity contribution in [2.45, 2.75) is 18.8 Å². The molecule has 122 valence electrons. The molecule has 2 aliphatic heterocycles. The molecule has 2 heterocycles. The average Bonchev–Trinajstić information content (AvgIpc) is 2.56. The monoisotopic (exact) mass is 328 g/mol. The van der Waals surface area contributed by atoms with E-state index in [4.69, 9.17) is 4.74 Å². The summed E-state index contributed by atoms with van der Waals surface area (Å²) in [5, 5.41) is 3.32. The number of hydrogen-bond donors (Lipinski definition) is 1. The fraction of sp³-hybridized carbons (Fsp3) is 0.562. The number of piperidine rings is 1. The van der Waals surface area contributed by atoms with E-state index in [1.807, 2.05) is 6.07 Å². The molecule has 1 aromatic carbocycles. The zero-order valence-corrected chi connectivity index (χ0v) is 13.3. The van der Waals surface area contributed by atoms with Gasteiger partial charge >= 0.3 is 0 Å². The van der Waals surface area contributed by atoms with E-state index in [1.165, 1.54) is 6.07 Å². The molecule has 0 aliphatic carbocycles. The highest BCUT2D eigenvalue weighted by atomic mass is 35.5. The lowest BCUT2D eigenvalue weighted by Gasteiger charge is -2.28. The summed E-state index contributed by atoms with van der Waals surface area (Å²) in [6.07, 6.45) is 2.08. The summed E-state index contributed by atoms with van der Waals surface area (Å²) in [6, 6.07) is 5.01. The summed E-state index contributed by atoms with van der Waals surface area (Å²) in [5.41, 5.74) is 1.28. The lowest BCUT2D eigenvalue weighted by Crippen LogP contribution is -2.41. The number of nitrogens with one attached hydrogen (secondary N) is 1. The molecule has 1 amide bonds. The van der Waals surface area contributed by atoms with Crippen molar-refractivity contribution in [2.24, 2.45) is 0 Å². The van der Waals surface area contributed by atoms with Crippen LogP contribution < -0.4 is 5.32 Å². The van der Waals surface area contributed by atoms with Crippen molar-refractivity contribution < 1.29 is 13.9 Å². The average molecular weight is 329 g/mol. The van der Waals surface area contributed by atoms with Crippen LogP contribution in [0.2, 0.25) is 0 Å². The smallest absolute Gasteiger partial charge is 0.256 e. The summed E-state index contributed by atoms with van der Waals surface area (Å²) in [4.78, 5) is 14.1. The summed E-state index contributed by atoms with van der Waals surface area (Å²) in [6.45, 7) is 4.10. The molecule has 0 saturated carbocycles. The van der Waals surface area contributed by atoms with Crippen molar-refractivity contribution >= 4 is 18.3 Å². The third kappa shape index (κ3) is 3.77. The van der Waals surface area contributed by atoms with Crippen LogP contribution in [-0.4, -0.2) is 50.2 Å². The zero-order valence-electron chi connectivity index (χ0n) is 12.5. The number of halogens is 2. The number of carbonyl (C=O) groups excluding carboxylic acids is 1. The van der Waals surface area contributed by atoms with Crippen molar-refractivity contribution in [1.82, 2.24) is 10.2 Å². The quantitative estimate of drug-likeness (QED) is 0.905. The normalized spacial score (nSPS) is 19.6. The molecule has 0 bridgehead atoms. The molecule has 0 atom stereocenters. The first kappa shape index (κ1) is 17.2. The SMILES string of the molecule is Cl.O=C(c1cc(C2CCNCC2)ccc1F)N1CCOCC1. The molecular weight excluding hydrogens is 307 g/mol. The third-order valence-electron chi connectivity index (χ3n) is 4.33. The minimum absolute atomic E-state index is 0. The van der Waals surface area contributed by atoms with Crippen LogP contribution in [0.15, 0.2) is 18.2 Å². The molecule has 0 aromatic heterocycles. The highest BCUT2D eigenvalue weighted by molar-refractivity contribution is 5.94. The van der Waals surface area contributed by atoms with Crippen molar-refractivity contribution in [3.63, 3.8) is 0 Å². The highest BCUT2D eigenvalue weighted by Crippen LogP contribution is 2.27. The number of benzene rings is 1. The maximum absolute atomic E-state index is 14.1. The molecule has 4 nitrogen and oxygen atoms in total. The van der Waals surface area contributed by atoms with E-state index in [2.05, 4.69) is 5.32 Å². The van der Waals surface area contributed by atoms with Gasteiger partial charge in [-0.05, 0) is 49.5 Å². The summed E-state index contributed by atoms with van der Waals surface area (Å²) in [5.74, 6) is -0.223. The highest BCUT2D eigenvalue weighted by Gasteiger charge is 2.23. The standard InChI is InChI=1S/C16H21FN2O2.ClH/c17-15-2-1-13(12-3-5-18-6-4-12)11-14(15)16(20)19-7-9-21-10-8-19;/h1-2,11-12,18H,3-10H2;1H. The van der Waals surface area contributed by atoms with Crippen molar-refractivity contribution in [3.05, 3.63) is 35.1 Å². The van der Waals surface area contributed by atoms with E-state index < -0.39 is 5.82 Å². The van der Waals surface area contributed by atoms with Crippen molar-refractivity contribution in [2.75, 3.05) is 39.4 Å². The Hall–Kier alpha value is -1.17. The van der Waals surface area contributed by atoms with E-state index in [0.29, 0.717) is 32.2 Å². The van der Waals surface area contributed by atoms with Gasteiger partial charge in [-0.1, -0.05) is 6.07 Å². The fourth-order valence-electron chi connectivity index (χ4n) is 3.05. The molecule has 1 aromatic rings. The van der Waals surface area contributed by atoms with Crippen molar-refractivity contribution in [3.8, 4) is 0 Å². The lowest BCUT2D eigenvalue weighted by atomic mass is 9.89. The van der Waals surface area contributed by atoms with Gasteiger partial charge in [0.05, 0.1) is 18.8 Å². The number of nitrogens with zero attached hydrogens (tertiary/aromatic N) is 1. The molecular formula is C16H22ClFN2O2. The topological polar surface area (TPSA) is 41.6 Å². The van der Waals surface area contributed by atoms with Gasteiger partial charge in [0.25, 0.3) is 5.91 Å². The summed E-state index contributed by atoms with van der Waals surface area (Å²) >= 11 is 0. The Labute approximate surface area is 136 Å². The molecule has 2 aliphatic rings. The van der Waals surface area contributed by atoms with Crippen LogP contribution in [0.3, 0.4) is 0 Å². The van der Waals surface area contributed by atoms with Gasteiger partial charge in [-0.2, -0.15) is 0 Å². The molecule has 0 unspecified atom stereocenters. The Bertz CT molecular complexity index is 515.